The molecule has 0 saturated carbocycles. The number of nitrogens with one attached hydrogen (secondary N) is 2. The highest BCUT2D eigenvalue weighted by Crippen LogP contribution is 1.72. The maximum atomic E-state index is 7.28. The Labute approximate surface area is 61.7 Å². The van der Waals surface area contributed by atoms with Gasteiger partial charge in [0.05, 0.1) is 6.61 Å². The van der Waals surface area contributed by atoms with Gasteiger partial charge in [-0.25, -0.2) is 0 Å². The summed E-state index contributed by atoms with van der Waals surface area (Å²) in [5, 5.41) is 10.1. The number of hydrogen-bond acceptors (Lipinski definition) is 2. The summed E-state index contributed by atoms with van der Waals surface area (Å²) in [6.45, 7) is 1.32. The van der Waals surface area contributed by atoms with E-state index in [1.165, 1.54) is 0 Å². The van der Waals surface area contributed by atoms with Gasteiger partial charge in [0.1, 0.15) is 0 Å². The second kappa shape index (κ2) is 5.05. The molecule has 0 amide bonds. The Bertz CT molecular complexity index is 103. The molecule has 10 heavy (non-hydrogen) atoms. The van der Waals surface area contributed by atoms with E-state index >= 15 is 0 Å². The molecule has 0 aromatic rings. The summed E-state index contributed by atoms with van der Waals surface area (Å²) < 4.78 is 4.79. The Hall–Kier alpha value is -0.770. The summed E-state index contributed by atoms with van der Waals surface area (Å²) in [6, 6.07) is 0. The minimum atomic E-state index is 0.414. The monoisotopic (exact) mass is 145 g/mol. The van der Waals surface area contributed by atoms with Crippen molar-refractivity contribution in [2.75, 3.05) is 34.4 Å². The normalized spacial score (nSPS) is 9.10. The molecule has 0 radical (unpaired) electrons. The molecule has 0 heterocycles. The second-order valence-electron chi connectivity index (χ2n) is 2.16. The predicted octanol–water partition coefficient (Wildman–Crippen LogP) is -0.281. The summed E-state index contributed by atoms with van der Waals surface area (Å²) in [6.07, 6.45) is 0. The number of rotatable bonds is 3. The van der Waals surface area contributed by atoms with Crippen LogP contribution in [0.25, 0.3) is 0 Å². The molecular weight excluding hydrogens is 130 g/mol. The molecule has 0 unspecified atom stereocenters. The van der Waals surface area contributed by atoms with E-state index in [0.29, 0.717) is 19.1 Å². The van der Waals surface area contributed by atoms with Gasteiger partial charge in [0.15, 0.2) is 5.96 Å². The van der Waals surface area contributed by atoms with Crippen LogP contribution in [0.3, 0.4) is 0 Å². The third-order valence-electron chi connectivity index (χ3n) is 1.05. The molecule has 0 saturated heterocycles. The van der Waals surface area contributed by atoms with Gasteiger partial charge >= 0.3 is 0 Å². The lowest BCUT2D eigenvalue weighted by Crippen LogP contribution is -2.36. The first kappa shape index (κ1) is 9.23. The fourth-order valence-corrected chi connectivity index (χ4v) is 0.430. The largest absolute Gasteiger partial charge is 0.383 e. The summed E-state index contributed by atoms with van der Waals surface area (Å²) in [5.74, 6) is 0.414. The van der Waals surface area contributed by atoms with Crippen molar-refractivity contribution < 1.29 is 4.74 Å². The van der Waals surface area contributed by atoms with E-state index in [-0.39, 0.29) is 0 Å². The molecule has 4 nitrogen and oxygen atoms in total. The molecular formula is C6H15N3O. The lowest BCUT2D eigenvalue weighted by atomic mass is 10.6. The third kappa shape index (κ3) is 4.14. The lowest BCUT2D eigenvalue weighted by Gasteiger charge is -2.14. The van der Waals surface area contributed by atoms with Crippen molar-refractivity contribution >= 4 is 5.96 Å². The van der Waals surface area contributed by atoms with Crippen LogP contribution in [0.1, 0.15) is 0 Å². The topological polar surface area (TPSA) is 48.4 Å². The zero-order valence-electron chi connectivity index (χ0n) is 6.77. The number of nitrogens with zero attached hydrogens (tertiary/aromatic N) is 1. The minimum Gasteiger partial charge on any atom is -0.383 e. The van der Waals surface area contributed by atoms with E-state index in [4.69, 9.17) is 10.1 Å². The zero-order chi connectivity index (χ0) is 7.98. The highest BCUT2D eigenvalue weighted by Gasteiger charge is 1.94. The zero-order valence-corrected chi connectivity index (χ0v) is 6.77. The highest BCUT2D eigenvalue weighted by atomic mass is 16.5. The predicted molar refractivity (Wildman–Crippen MR) is 41.3 cm³/mol. The first-order valence-corrected chi connectivity index (χ1v) is 3.17. The third-order valence-corrected chi connectivity index (χ3v) is 1.05. The van der Waals surface area contributed by atoms with Gasteiger partial charge in [-0.3, -0.25) is 5.41 Å². The van der Waals surface area contributed by atoms with E-state index in [0.717, 1.165) is 0 Å². The fraction of sp³-hybridized carbons (Fsp3) is 0.833. The van der Waals surface area contributed by atoms with Crippen LogP contribution in [0, 0.1) is 5.41 Å². The molecule has 0 atom stereocenters. The molecule has 0 aliphatic heterocycles. The molecule has 0 bridgehead atoms. The van der Waals surface area contributed by atoms with Crippen molar-refractivity contribution in [3.05, 3.63) is 0 Å². The second-order valence-corrected chi connectivity index (χ2v) is 2.16. The van der Waals surface area contributed by atoms with Crippen molar-refractivity contribution in [3.8, 4) is 0 Å². The van der Waals surface area contributed by atoms with Gasteiger partial charge in [-0.05, 0) is 0 Å². The van der Waals surface area contributed by atoms with Crippen LogP contribution in [-0.2, 0) is 4.74 Å². The Morgan fingerprint density at radius 2 is 2.20 bits per heavy atom. The summed E-state index contributed by atoms with van der Waals surface area (Å²) in [7, 11) is 5.28. The maximum Gasteiger partial charge on any atom is 0.190 e. The maximum absolute atomic E-state index is 7.28. The van der Waals surface area contributed by atoms with Crippen LogP contribution in [-0.4, -0.2) is 45.2 Å². The molecule has 0 fully saturated rings. The summed E-state index contributed by atoms with van der Waals surface area (Å²) in [4.78, 5) is 1.70. The molecule has 4 heteroatoms. The molecule has 60 valence electrons. The van der Waals surface area contributed by atoms with Crippen LogP contribution in [0.4, 0.5) is 0 Å². The Morgan fingerprint density at radius 3 is 2.60 bits per heavy atom. The van der Waals surface area contributed by atoms with Gasteiger partial charge in [0, 0.05) is 27.7 Å². The SMILES string of the molecule is COCCNC(=N)N(C)C. The van der Waals surface area contributed by atoms with Crippen LogP contribution >= 0.6 is 0 Å². The van der Waals surface area contributed by atoms with Gasteiger partial charge in [0.2, 0.25) is 0 Å². The number of methoxy groups -OCH3 is 1. The van der Waals surface area contributed by atoms with Crippen molar-refractivity contribution in [1.82, 2.24) is 10.2 Å². The molecule has 0 spiro atoms. The standard InChI is InChI=1S/C6H15N3O/c1-9(2)6(7)8-4-5-10-3/h4-5H2,1-3H3,(H2,7,8). The minimum absolute atomic E-state index is 0.414. The first-order valence-electron chi connectivity index (χ1n) is 3.17. The van der Waals surface area contributed by atoms with E-state index in [1.807, 2.05) is 14.1 Å². The summed E-state index contributed by atoms with van der Waals surface area (Å²) in [5.41, 5.74) is 0. The Morgan fingerprint density at radius 1 is 1.60 bits per heavy atom. The lowest BCUT2D eigenvalue weighted by molar-refractivity contribution is 0.203. The molecule has 0 aromatic heterocycles. The van der Waals surface area contributed by atoms with E-state index in [1.54, 1.807) is 12.0 Å². The van der Waals surface area contributed by atoms with Gasteiger partial charge in [-0.1, -0.05) is 0 Å². The van der Waals surface area contributed by atoms with Gasteiger partial charge < -0.3 is 15.0 Å². The van der Waals surface area contributed by atoms with Crippen LogP contribution < -0.4 is 5.32 Å². The smallest absolute Gasteiger partial charge is 0.190 e. The number of ether oxygens (including phenoxy) is 1. The van der Waals surface area contributed by atoms with Gasteiger partial charge in [-0.15, -0.1) is 0 Å². The molecule has 0 aromatic carbocycles. The fourth-order valence-electron chi connectivity index (χ4n) is 0.430. The van der Waals surface area contributed by atoms with Crippen molar-refractivity contribution in [1.29, 1.82) is 5.41 Å². The Kier molecular flexibility index (Phi) is 4.66. The molecule has 2 N–H and O–H groups in total. The van der Waals surface area contributed by atoms with Crippen LogP contribution in [0.15, 0.2) is 0 Å². The van der Waals surface area contributed by atoms with E-state index in [2.05, 4.69) is 5.32 Å². The van der Waals surface area contributed by atoms with E-state index in [9.17, 15) is 0 Å². The number of hydrogen-bond donors (Lipinski definition) is 2. The first-order chi connectivity index (χ1) is 4.68. The van der Waals surface area contributed by atoms with Crippen LogP contribution in [0.2, 0.25) is 0 Å². The molecule has 0 aliphatic rings. The number of guanidine groups is 1. The van der Waals surface area contributed by atoms with Crippen molar-refractivity contribution in [3.63, 3.8) is 0 Å². The van der Waals surface area contributed by atoms with Crippen molar-refractivity contribution in [2.45, 2.75) is 0 Å². The van der Waals surface area contributed by atoms with Gasteiger partial charge in [0.25, 0.3) is 0 Å². The average Bonchev–Trinajstić information content (AvgIpc) is 1.88. The summed E-state index contributed by atoms with van der Waals surface area (Å²) >= 11 is 0. The van der Waals surface area contributed by atoms with E-state index < -0.39 is 0 Å². The van der Waals surface area contributed by atoms with Crippen molar-refractivity contribution in [2.24, 2.45) is 0 Å². The van der Waals surface area contributed by atoms with Crippen LogP contribution in [0.5, 0.6) is 0 Å². The average molecular weight is 145 g/mol. The quantitative estimate of drug-likeness (QED) is 0.326. The molecule has 0 aliphatic carbocycles. The molecule has 0 rings (SSSR count). The highest BCUT2D eigenvalue weighted by molar-refractivity contribution is 5.75. The Balaban J connectivity index is 3.22. The van der Waals surface area contributed by atoms with Gasteiger partial charge in [-0.2, -0.15) is 0 Å².